The second kappa shape index (κ2) is 4.31. The highest BCUT2D eigenvalue weighted by Gasteiger charge is 2.15. The van der Waals surface area contributed by atoms with Gasteiger partial charge in [0.1, 0.15) is 0 Å². The van der Waals surface area contributed by atoms with Crippen LogP contribution >= 0.6 is 22.6 Å². The van der Waals surface area contributed by atoms with Crippen molar-refractivity contribution in [1.29, 1.82) is 0 Å². The first-order valence-electron chi connectivity index (χ1n) is 4.52. The summed E-state index contributed by atoms with van der Waals surface area (Å²) in [7, 11) is -0.283. The van der Waals surface area contributed by atoms with Gasteiger partial charge >= 0.3 is 0 Å². The molecule has 0 unspecified atom stereocenters. The highest BCUT2D eigenvalue weighted by Crippen LogP contribution is 2.26. The van der Waals surface area contributed by atoms with E-state index in [4.69, 9.17) is 0 Å². The standard InChI is InChI=1S/C11H9INO2S/c1-13-16(14,15)11-7-3-4-8-9(11)5-2-6-10(8)12/h2-7,13H,1H2. The minimum Gasteiger partial charge on any atom is -0.210 e. The van der Waals surface area contributed by atoms with Gasteiger partial charge in [-0.2, -0.15) is 0 Å². The van der Waals surface area contributed by atoms with Crippen molar-refractivity contribution in [3.05, 3.63) is 47.0 Å². The molecule has 0 saturated heterocycles. The molecule has 5 heteroatoms. The summed E-state index contributed by atoms with van der Waals surface area (Å²) < 4.78 is 26.6. The van der Waals surface area contributed by atoms with Gasteiger partial charge in [-0.25, -0.2) is 13.1 Å². The highest BCUT2D eigenvalue weighted by molar-refractivity contribution is 14.1. The van der Waals surface area contributed by atoms with Crippen molar-refractivity contribution < 1.29 is 8.42 Å². The number of rotatable bonds is 2. The summed E-state index contributed by atoms with van der Waals surface area (Å²) >= 11 is 2.18. The van der Waals surface area contributed by atoms with Crippen LogP contribution in [-0.4, -0.2) is 8.42 Å². The van der Waals surface area contributed by atoms with E-state index in [9.17, 15) is 8.42 Å². The minimum atomic E-state index is -3.51. The van der Waals surface area contributed by atoms with Crippen molar-refractivity contribution in [2.24, 2.45) is 0 Å². The van der Waals surface area contributed by atoms with Gasteiger partial charge < -0.3 is 0 Å². The molecule has 0 saturated carbocycles. The smallest absolute Gasteiger partial charge is 0.210 e. The number of halogens is 1. The van der Waals surface area contributed by atoms with Crippen LogP contribution in [0.15, 0.2) is 41.3 Å². The fourth-order valence-corrected chi connectivity index (χ4v) is 3.11. The van der Waals surface area contributed by atoms with Gasteiger partial charge in [-0.3, -0.25) is 0 Å². The lowest BCUT2D eigenvalue weighted by Gasteiger charge is -2.07. The third-order valence-corrected chi connectivity index (χ3v) is 4.56. The zero-order valence-electron chi connectivity index (χ0n) is 8.27. The minimum absolute atomic E-state index is 0.263. The molecule has 0 amide bonds. The van der Waals surface area contributed by atoms with E-state index >= 15 is 0 Å². The summed E-state index contributed by atoms with van der Waals surface area (Å²) in [5, 5.41) is 1.64. The largest absolute Gasteiger partial charge is 0.241 e. The van der Waals surface area contributed by atoms with Crippen LogP contribution in [0.2, 0.25) is 0 Å². The van der Waals surface area contributed by atoms with Crippen molar-refractivity contribution in [2.45, 2.75) is 4.90 Å². The monoisotopic (exact) mass is 346 g/mol. The summed E-state index contributed by atoms with van der Waals surface area (Å²) in [6.45, 7) is 0. The van der Waals surface area contributed by atoms with Gasteiger partial charge in [-0.15, -0.1) is 0 Å². The molecule has 0 aromatic heterocycles. The lowest BCUT2D eigenvalue weighted by atomic mass is 10.1. The summed E-state index contributed by atoms with van der Waals surface area (Å²) in [4.78, 5) is 0.263. The van der Waals surface area contributed by atoms with Gasteiger partial charge in [0.25, 0.3) is 0 Å². The van der Waals surface area contributed by atoms with Crippen LogP contribution in [0.4, 0.5) is 0 Å². The van der Waals surface area contributed by atoms with Crippen molar-refractivity contribution in [3.8, 4) is 0 Å². The van der Waals surface area contributed by atoms with Crippen LogP contribution in [0.3, 0.4) is 0 Å². The molecule has 2 aromatic carbocycles. The topological polar surface area (TPSA) is 46.2 Å². The number of nitrogens with one attached hydrogen (secondary N) is 1. The molecule has 0 aliphatic heterocycles. The van der Waals surface area contributed by atoms with Crippen LogP contribution in [0.1, 0.15) is 0 Å². The molecule has 0 bridgehead atoms. The second-order valence-corrected chi connectivity index (χ2v) is 6.14. The van der Waals surface area contributed by atoms with Gasteiger partial charge in [0.05, 0.1) is 4.90 Å². The fraction of sp³-hybridized carbons (Fsp3) is 0. The van der Waals surface area contributed by atoms with Crippen LogP contribution in [0.25, 0.3) is 10.8 Å². The van der Waals surface area contributed by atoms with E-state index in [1.165, 1.54) is 0 Å². The summed E-state index contributed by atoms with van der Waals surface area (Å²) in [5.41, 5.74) is 0. The Kier molecular flexibility index (Phi) is 3.18. The molecule has 2 aromatic rings. The zero-order valence-corrected chi connectivity index (χ0v) is 11.2. The maximum Gasteiger partial charge on any atom is 0.241 e. The predicted octanol–water partition coefficient (Wildman–Crippen LogP) is 2.51. The average Bonchev–Trinajstić information content (AvgIpc) is 2.29. The molecule has 0 heterocycles. The Labute approximate surface area is 108 Å². The number of sulfonamides is 1. The molecule has 1 N–H and O–H groups in total. The van der Waals surface area contributed by atoms with Crippen molar-refractivity contribution >= 4 is 43.4 Å². The summed E-state index contributed by atoms with van der Waals surface area (Å²) in [6.07, 6.45) is 0. The third-order valence-electron chi connectivity index (χ3n) is 2.31. The Morgan fingerprint density at radius 2 is 1.69 bits per heavy atom. The van der Waals surface area contributed by atoms with Gasteiger partial charge in [0, 0.05) is 16.0 Å². The number of fused-ring (bicyclic) bond motifs is 1. The summed E-state index contributed by atoms with van der Waals surface area (Å²) in [6, 6.07) is 10.8. The molecular formula is C11H9INO2S. The SMILES string of the molecule is [CH2]NS(=O)(=O)c1cccc2c(I)cccc12. The first-order chi connectivity index (χ1) is 7.56. The van der Waals surface area contributed by atoms with E-state index in [2.05, 4.69) is 34.4 Å². The molecule has 2 rings (SSSR count). The van der Waals surface area contributed by atoms with Crippen LogP contribution < -0.4 is 4.72 Å². The molecule has 0 atom stereocenters. The quantitative estimate of drug-likeness (QED) is 0.850. The molecular weight excluding hydrogens is 337 g/mol. The van der Waals surface area contributed by atoms with Crippen LogP contribution in [-0.2, 0) is 10.0 Å². The van der Waals surface area contributed by atoms with E-state index in [-0.39, 0.29) is 4.90 Å². The van der Waals surface area contributed by atoms with Crippen molar-refractivity contribution in [3.63, 3.8) is 0 Å². The van der Waals surface area contributed by atoms with E-state index in [1.807, 2.05) is 18.2 Å². The molecule has 3 nitrogen and oxygen atoms in total. The maximum absolute atomic E-state index is 11.8. The first-order valence-corrected chi connectivity index (χ1v) is 7.08. The molecule has 0 spiro atoms. The van der Waals surface area contributed by atoms with E-state index < -0.39 is 10.0 Å². The lowest BCUT2D eigenvalue weighted by Crippen LogP contribution is -2.16. The number of benzene rings is 2. The maximum atomic E-state index is 11.8. The van der Waals surface area contributed by atoms with Crippen molar-refractivity contribution in [2.75, 3.05) is 0 Å². The van der Waals surface area contributed by atoms with Gasteiger partial charge in [-0.05, 0) is 40.1 Å². The van der Waals surface area contributed by atoms with E-state index in [0.717, 1.165) is 8.96 Å². The fourth-order valence-electron chi connectivity index (χ4n) is 1.55. The first kappa shape index (κ1) is 11.8. The predicted molar refractivity (Wildman–Crippen MR) is 72.3 cm³/mol. The van der Waals surface area contributed by atoms with Crippen molar-refractivity contribution in [1.82, 2.24) is 4.72 Å². The third kappa shape index (κ3) is 1.94. The Bertz CT molecular complexity index is 637. The Hall–Kier alpha value is -0.660. The van der Waals surface area contributed by atoms with Crippen LogP contribution in [0, 0.1) is 10.6 Å². The van der Waals surface area contributed by atoms with Crippen LogP contribution in [0.5, 0.6) is 0 Å². The average molecular weight is 346 g/mol. The van der Waals surface area contributed by atoms with E-state index in [1.54, 1.807) is 18.2 Å². The number of hydrogen-bond donors (Lipinski definition) is 1. The molecule has 1 radical (unpaired) electrons. The summed E-state index contributed by atoms with van der Waals surface area (Å²) in [5.74, 6) is 0. The van der Waals surface area contributed by atoms with Gasteiger partial charge in [0.2, 0.25) is 10.0 Å². The normalized spacial score (nSPS) is 11.9. The molecule has 0 aliphatic rings. The van der Waals surface area contributed by atoms with Gasteiger partial charge in [-0.1, -0.05) is 24.3 Å². The highest BCUT2D eigenvalue weighted by atomic mass is 127. The molecule has 0 fully saturated rings. The lowest BCUT2D eigenvalue weighted by molar-refractivity contribution is 0.591. The Morgan fingerprint density at radius 1 is 1.06 bits per heavy atom. The molecule has 83 valence electrons. The Morgan fingerprint density at radius 3 is 2.38 bits per heavy atom. The molecule has 16 heavy (non-hydrogen) atoms. The molecule has 0 aliphatic carbocycles. The van der Waals surface area contributed by atoms with E-state index in [0.29, 0.717) is 5.39 Å². The van der Waals surface area contributed by atoms with Gasteiger partial charge in [0.15, 0.2) is 0 Å². The Balaban J connectivity index is 2.88. The number of hydrogen-bond acceptors (Lipinski definition) is 2. The zero-order chi connectivity index (χ0) is 11.8. The second-order valence-electron chi connectivity index (χ2n) is 3.24.